The first kappa shape index (κ1) is 12.3. The summed E-state index contributed by atoms with van der Waals surface area (Å²) in [5.41, 5.74) is 0.580. The second-order valence-electron chi connectivity index (χ2n) is 5.90. The van der Waals surface area contributed by atoms with Gasteiger partial charge in [0, 0.05) is 13.1 Å². The zero-order chi connectivity index (χ0) is 13.7. The van der Waals surface area contributed by atoms with E-state index in [0.29, 0.717) is 22.4 Å². The topological polar surface area (TPSA) is 61.8 Å². The van der Waals surface area contributed by atoms with Crippen molar-refractivity contribution in [3.8, 4) is 0 Å². The molecule has 2 atom stereocenters. The minimum Gasteiger partial charge on any atom is -0.346 e. The number of hydrogen-bond acceptors (Lipinski definition) is 5. The van der Waals surface area contributed by atoms with Gasteiger partial charge in [0.15, 0.2) is 0 Å². The molecule has 3 heterocycles. The second kappa shape index (κ2) is 4.30. The number of rotatable bonds is 0. The lowest BCUT2D eigenvalue weighted by Crippen LogP contribution is -2.53. The Kier molecular flexibility index (Phi) is 2.65. The molecule has 1 aromatic carbocycles. The van der Waals surface area contributed by atoms with Gasteiger partial charge in [-0.15, -0.1) is 0 Å². The minimum atomic E-state index is -3.42. The number of piperidine rings is 2. The third kappa shape index (κ3) is 1.78. The van der Waals surface area contributed by atoms with Gasteiger partial charge in [-0.25, -0.2) is 13.4 Å². The van der Waals surface area contributed by atoms with Crippen molar-refractivity contribution in [3.05, 3.63) is 24.3 Å². The lowest BCUT2D eigenvalue weighted by atomic mass is 9.86. The predicted molar refractivity (Wildman–Crippen MR) is 76.8 cm³/mol. The highest BCUT2D eigenvalue weighted by Gasteiger charge is 2.40. The van der Waals surface area contributed by atoms with Crippen molar-refractivity contribution in [2.45, 2.75) is 11.3 Å². The molecule has 1 aromatic rings. The molecule has 0 radical (unpaired) electrons. The molecule has 2 fully saturated rings. The smallest absolute Gasteiger partial charge is 0.241 e. The quantitative estimate of drug-likeness (QED) is 0.775. The van der Waals surface area contributed by atoms with E-state index < -0.39 is 9.84 Å². The maximum Gasteiger partial charge on any atom is 0.241 e. The Hall–Kier alpha value is -1.40. The molecule has 3 aliphatic rings. The maximum absolute atomic E-state index is 12.6. The Morgan fingerprint density at radius 1 is 1.15 bits per heavy atom. The van der Waals surface area contributed by atoms with Crippen LogP contribution in [0.5, 0.6) is 0 Å². The predicted octanol–water partition coefficient (Wildman–Crippen LogP) is 1.00. The fourth-order valence-electron chi connectivity index (χ4n) is 3.54. The first-order valence-corrected chi connectivity index (χ1v) is 8.51. The average molecular weight is 291 g/mol. The number of para-hydroxylation sites is 1. The third-order valence-electron chi connectivity index (χ3n) is 4.37. The van der Waals surface area contributed by atoms with E-state index in [1.54, 1.807) is 18.2 Å². The van der Waals surface area contributed by atoms with Gasteiger partial charge in [-0.1, -0.05) is 12.1 Å². The zero-order valence-corrected chi connectivity index (χ0v) is 11.9. The summed E-state index contributed by atoms with van der Waals surface area (Å²) < 4.78 is 25.2. The van der Waals surface area contributed by atoms with Crippen LogP contribution in [0, 0.1) is 11.8 Å². The van der Waals surface area contributed by atoms with Gasteiger partial charge in [0.05, 0.1) is 5.69 Å². The van der Waals surface area contributed by atoms with Crippen molar-refractivity contribution in [3.63, 3.8) is 0 Å². The molecule has 3 aliphatic heterocycles. The average Bonchev–Trinajstić information content (AvgIpc) is 2.71. The van der Waals surface area contributed by atoms with E-state index in [-0.39, 0.29) is 5.17 Å². The highest BCUT2D eigenvalue weighted by Crippen LogP contribution is 2.35. The largest absolute Gasteiger partial charge is 0.346 e. The summed E-state index contributed by atoms with van der Waals surface area (Å²) in [6.45, 7) is 3.53. The van der Waals surface area contributed by atoms with Gasteiger partial charge < -0.3 is 10.2 Å². The molecule has 0 amide bonds. The first-order chi connectivity index (χ1) is 9.64. The van der Waals surface area contributed by atoms with E-state index in [2.05, 4.69) is 10.3 Å². The molecular formula is C14H17N3O2S. The van der Waals surface area contributed by atoms with Crippen LogP contribution in [0.3, 0.4) is 0 Å². The second-order valence-corrected chi connectivity index (χ2v) is 7.71. The lowest BCUT2D eigenvalue weighted by molar-refractivity contribution is 0.153. The van der Waals surface area contributed by atoms with Gasteiger partial charge >= 0.3 is 0 Å². The van der Waals surface area contributed by atoms with Crippen LogP contribution < -0.4 is 5.32 Å². The number of nitrogens with one attached hydrogen (secondary N) is 1. The van der Waals surface area contributed by atoms with E-state index in [1.807, 2.05) is 11.0 Å². The highest BCUT2D eigenvalue weighted by molar-refractivity contribution is 8.06. The summed E-state index contributed by atoms with van der Waals surface area (Å²) in [6, 6.07) is 7.00. The SMILES string of the molecule is O=S1(=O)C(N2CC3CNCC(C3)C2)=Nc2ccccc21. The van der Waals surface area contributed by atoms with E-state index in [9.17, 15) is 8.42 Å². The number of likely N-dealkylation sites (tertiary alicyclic amines) is 1. The van der Waals surface area contributed by atoms with Crippen molar-refractivity contribution in [1.29, 1.82) is 0 Å². The summed E-state index contributed by atoms with van der Waals surface area (Å²) in [4.78, 5) is 6.72. The molecule has 2 unspecified atom stereocenters. The van der Waals surface area contributed by atoms with Crippen LogP contribution >= 0.6 is 0 Å². The van der Waals surface area contributed by atoms with Gasteiger partial charge in [0.1, 0.15) is 4.90 Å². The van der Waals surface area contributed by atoms with Crippen LogP contribution in [-0.2, 0) is 9.84 Å². The Balaban J connectivity index is 1.70. The molecule has 5 nitrogen and oxygen atoms in total. The highest BCUT2D eigenvalue weighted by atomic mass is 32.2. The van der Waals surface area contributed by atoms with E-state index >= 15 is 0 Å². The van der Waals surface area contributed by atoms with Gasteiger partial charge in [-0.05, 0) is 43.5 Å². The van der Waals surface area contributed by atoms with Crippen molar-refractivity contribution in [2.75, 3.05) is 26.2 Å². The normalized spacial score (nSPS) is 30.8. The molecule has 2 bridgehead atoms. The Morgan fingerprint density at radius 2 is 1.85 bits per heavy atom. The molecule has 0 aromatic heterocycles. The molecule has 0 aliphatic carbocycles. The molecule has 20 heavy (non-hydrogen) atoms. The Morgan fingerprint density at radius 3 is 2.55 bits per heavy atom. The van der Waals surface area contributed by atoms with Crippen molar-refractivity contribution in [2.24, 2.45) is 16.8 Å². The zero-order valence-electron chi connectivity index (χ0n) is 11.1. The third-order valence-corrected chi connectivity index (χ3v) is 6.13. The molecular weight excluding hydrogens is 274 g/mol. The monoisotopic (exact) mass is 291 g/mol. The van der Waals surface area contributed by atoms with Gasteiger partial charge in [0.25, 0.3) is 0 Å². The van der Waals surface area contributed by atoms with Crippen LogP contribution in [-0.4, -0.2) is 44.7 Å². The molecule has 4 rings (SSSR count). The van der Waals surface area contributed by atoms with Gasteiger partial charge in [0.2, 0.25) is 15.0 Å². The van der Waals surface area contributed by atoms with Crippen LogP contribution in [0.4, 0.5) is 5.69 Å². The maximum atomic E-state index is 12.6. The van der Waals surface area contributed by atoms with E-state index in [1.165, 1.54) is 6.42 Å². The number of aliphatic imine (C=N–C) groups is 1. The van der Waals surface area contributed by atoms with E-state index in [0.717, 1.165) is 26.2 Å². The summed E-state index contributed by atoms with van der Waals surface area (Å²) in [5.74, 6) is 1.06. The number of sulfone groups is 1. The van der Waals surface area contributed by atoms with Crippen LogP contribution in [0.25, 0.3) is 0 Å². The van der Waals surface area contributed by atoms with Crippen LogP contribution in [0.2, 0.25) is 0 Å². The number of hydrogen-bond donors (Lipinski definition) is 1. The summed E-state index contributed by atoms with van der Waals surface area (Å²) in [6.07, 6.45) is 1.20. The molecule has 2 saturated heterocycles. The van der Waals surface area contributed by atoms with Crippen molar-refractivity contribution >= 4 is 20.7 Å². The minimum absolute atomic E-state index is 0.260. The fraction of sp³-hybridized carbons (Fsp3) is 0.500. The molecule has 0 saturated carbocycles. The standard InChI is InChI=1S/C14H17N3O2S/c18-20(19)13-4-2-1-3-12(13)16-14(20)17-8-10-5-11(9-17)7-15-6-10/h1-4,10-11,15H,5-9H2. The molecule has 106 valence electrons. The van der Waals surface area contributed by atoms with Gasteiger partial charge in [-0.2, -0.15) is 0 Å². The fourth-order valence-corrected chi connectivity index (χ4v) is 5.09. The number of nitrogens with zero attached hydrogens (tertiary/aromatic N) is 2. The number of amidine groups is 1. The summed E-state index contributed by atoms with van der Waals surface area (Å²) >= 11 is 0. The summed E-state index contributed by atoms with van der Waals surface area (Å²) in [7, 11) is -3.42. The summed E-state index contributed by atoms with van der Waals surface area (Å²) in [5, 5.41) is 3.68. The van der Waals surface area contributed by atoms with Gasteiger partial charge in [-0.3, -0.25) is 0 Å². The lowest BCUT2D eigenvalue weighted by Gasteiger charge is -2.42. The Labute approximate surface area is 118 Å². The van der Waals surface area contributed by atoms with Crippen molar-refractivity contribution < 1.29 is 8.42 Å². The first-order valence-electron chi connectivity index (χ1n) is 7.03. The van der Waals surface area contributed by atoms with Crippen LogP contribution in [0.15, 0.2) is 34.2 Å². The Bertz CT molecular complexity index is 671. The van der Waals surface area contributed by atoms with E-state index in [4.69, 9.17) is 0 Å². The molecule has 6 heteroatoms. The number of benzene rings is 1. The van der Waals surface area contributed by atoms with Crippen LogP contribution in [0.1, 0.15) is 6.42 Å². The molecule has 0 spiro atoms. The molecule has 1 N–H and O–H groups in total. The number of fused-ring (bicyclic) bond motifs is 3. The van der Waals surface area contributed by atoms with Crippen molar-refractivity contribution in [1.82, 2.24) is 10.2 Å².